The molecule has 1 saturated carbocycles. The first-order valence-corrected chi connectivity index (χ1v) is 6.89. The van der Waals surface area contributed by atoms with Gasteiger partial charge in [-0.25, -0.2) is 0 Å². The predicted octanol–water partition coefficient (Wildman–Crippen LogP) is 2.72. The van der Waals surface area contributed by atoms with Gasteiger partial charge in [0.15, 0.2) is 0 Å². The fourth-order valence-corrected chi connectivity index (χ4v) is 2.64. The van der Waals surface area contributed by atoms with E-state index in [0.29, 0.717) is 0 Å². The number of nitrogens with one attached hydrogen (secondary N) is 1. The van der Waals surface area contributed by atoms with Crippen molar-refractivity contribution >= 4 is 5.69 Å². The molecule has 1 aromatic rings. The van der Waals surface area contributed by atoms with Gasteiger partial charge in [0.2, 0.25) is 0 Å². The lowest BCUT2D eigenvalue weighted by atomic mass is 10.0. The summed E-state index contributed by atoms with van der Waals surface area (Å²) >= 11 is 0. The third kappa shape index (κ3) is 2.81. The second-order valence-electron chi connectivity index (χ2n) is 5.54. The van der Waals surface area contributed by atoms with E-state index in [-0.39, 0.29) is 0 Å². The molecule has 2 fully saturated rings. The van der Waals surface area contributed by atoms with Gasteiger partial charge in [-0.15, -0.1) is 0 Å². The minimum Gasteiger partial charge on any atom is -0.371 e. The van der Waals surface area contributed by atoms with E-state index in [1.165, 1.54) is 50.0 Å². The van der Waals surface area contributed by atoms with Gasteiger partial charge in [-0.05, 0) is 44.7 Å². The minimum atomic E-state index is 0.768. The molecule has 2 nitrogen and oxygen atoms in total. The van der Waals surface area contributed by atoms with Gasteiger partial charge in [-0.2, -0.15) is 0 Å². The Morgan fingerprint density at radius 1 is 0.941 bits per heavy atom. The van der Waals surface area contributed by atoms with Gasteiger partial charge < -0.3 is 10.2 Å². The first kappa shape index (κ1) is 11.1. The van der Waals surface area contributed by atoms with Crippen LogP contribution < -0.4 is 10.2 Å². The molecule has 1 aromatic carbocycles. The van der Waals surface area contributed by atoms with Gasteiger partial charge in [0.05, 0.1) is 0 Å². The Kier molecular flexibility index (Phi) is 3.06. The molecule has 0 bridgehead atoms. The molecule has 0 spiro atoms. The van der Waals surface area contributed by atoms with E-state index in [2.05, 4.69) is 41.4 Å². The molecule has 0 aromatic heterocycles. The van der Waals surface area contributed by atoms with Crippen LogP contribution in [0.25, 0.3) is 0 Å². The molecule has 0 unspecified atom stereocenters. The smallest absolute Gasteiger partial charge is 0.0366 e. The first-order valence-electron chi connectivity index (χ1n) is 6.89. The zero-order chi connectivity index (χ0) is 11.7. The molecule has 0 radical (unpaired) electrons. The molecule has 3 rings (SSSR count). The van der Waals surface area contributed by atoms with Crippen LogP contribution in [0.15, 0.2) is 24.3 Å². The first-order chi connectivity index (χ1) is 8.31. The molecule has 1 heterocycles. The Labute approximate surface area is 104 Å². The van der Waals surface area contributed by atoms with Crippen molar-refractivity contribution in [1.82, 2.24) is 5.32 Å². The number of anilines is 1. The van der Waals surface area contributed by atoms with E-state index in [4.69, 9.17) is 0 Å². The van der Waals surface area contributed by atoms with Crippen LogP contribution in [0.4, 0.5) is 5.69 Å². The van der Waals surface area contributed by atoms with Crippen molar-refractivity contribution in [3.05, 3.63) is 29.8 Å². The van der Waals surface area contributed by atoms with Crippen molar-refractivity contribution in [3.63, 3.8) is 0 Å². The fraction of sp³-hybridized carbons (Fsp3) is 0.600. The summed E-state index contributed by atoms with van der Waals surface area (Å²) in [5.74, 6) is 0. The topological polar surface area (TPSA) is 15.3 Å². The molecule has 2 aliphatic rings. The van der Waals surface area contributed by atoms with E-state index >= 15 is 0 Å². The number of hydrogen-bond acceptors (Lipinski definition) is 2. The van der Waals surface area contributed by atoms with Crippen molar-refractivity contribution in [2.75, 3.05) is 18.0 Å². The molecule has 1 saturated heterocycles. The highest BCUT2D eigenvalue weighted by Crippen LogP contribution is 2.24. The zero-order valence-corrected chi connectivity index (χ0v) is 10.7. The van der Waals surface area contributed by atoms with Crippen molar-refractivity contribution in [1.29, 1.82) is 0 Å². The Bertz CT molecular complexity index is 359. The number of nitrogens with zero attached hydrogens (tertiary/aromatic N) is 1. The van der Waals surface area contributed by atoms with Gasteiger partial charge in [-0.1, -0.05) is 17.7 Å². The summed E-state index contributed by atoms with van der Waals surface area (Å²) in [6.45, 7) is 4.55. The van der Waals surface area contributed by atoms with Crippen LogP contribution in [-0.2, 0) is 0 Å². The third-order valence-electron chi connectivity index (χ3n) is 3.94. The number of benzene rings is 1. The molecule has 1 aliphatic heterocycles. The van der Waals surface area contributed by atoms with E-state index in [9.17, 15) is 0 Å². The van der Waals surface area contributed by atoms with Crippen LogP contribution in [0.2, 0.25) is 0 Å². The van der Waals surface area contributed by atoms with E-state index in [1.807, 2.05) is 0 Å². The fourth-order valence-electron chi connectivity index (χ4n) is 2.64. The highest BCUT2D eigenvalue weighted by atomic mass is 15.2. The van der Waals surface area contributed by atoms with Gasteiger partial charge in [0, 0.05) is 30.9 Å². The van der Waals surface area contributed by atoms with Crippen molar-refractivity contribution in [2.45, 2.75) is 44.7 Å². The Balaban J connectivity index is 1.54. The second kappa shape index (κ2) is 4.69. The lowest BCUT2D eigenvalue weighted by Crippen LogP contribution is -2.43. The Morgan fingerprint density at radius 2 is 1.53 bits per heavy atom. The predicted molar refractivity (Wildman–Crippen MR) is 72.6 cm³/mol. The minimum absolute atomic E-state index is 0.768. The van der Waals surface area contributed by atoms with Crippen molar-refractivity contribution < 1.29 is 0 Å². The number of aryl methyl sites for hydroxylation is 1. The summed E-state index contributed by atoms with van der Waals surface area (Å²) in [5.41, 5.74) is 2.74. The molecule has 0 amide bonds. The third-order valence-corrected chi connectivity index (χ3v) is 3.94. The van der Waals surface area contributed by atoms with Gasteiger partial charge in [0.1, 0.15) is 0 Å². The maximum atomic E-state index is 3.75. The number of rotatable bonds is 3. The summed E-state index contributed by atoms with van der Waals surface area (Å²) in [7, 11) is 0. The highest BCUT2D eigenvalue weighted by molar-refractivity contribution is 5.47. The Morgan fingerprint density at radius 3 is 2.12 bits per heavy atom. The van der Waals surface area contributed by atoms with Crippen LogP contribution in [-0.4, -0.2) is 25.2 Å². The maximum absolute atomic E-state index is 3.75. The average Bonchev–Trinajstić information content (AvgIpc) is 3.15. The molecular formula is C15H22N2. The molecule has 2 heteroatoms. The average molecular weight is 230 g/mol. The number of piperidine rings is 1. The molecule has 1 aliphatic carbocycles. The van der Waals surface area contributed by atoms with Crippen molar-refractivity contribution in [3.8, 4) is 0 Å². The van der Waals surface area contributed by atoms with Crippen LogP contribution in [0.5, 0.6) is 0 Å². The molecule has 1 N–H and O–H groups in total. The molecule has 0 atom stereocenters. The summed E-state index contributed by atoms with van der Waals surface area (Å²) in [6.07, 6.45) is 5.39. The lowest BCUT2D eigenvalue weighted by molar-refractivity contribution is 0.413. The molecular weight excluding hydrogens is 208 g/mol. The number of hydrogen-bond donors (Lipinski definition) is 1. The van der Waals surface area contributed by atoms with E-state index in [1.54, 1.807) is 0 Å². The van der Waals surface area contributed by atoms with Gasteiger partial charge in [0.25, 0.3) is 0 Å². The van der Waals surface area contributed by atoms with E-state index in [0.717, 1.165) is 12.1 Å². The lowest BCUT2D eigenvalue weighted by Gasteiger charge is -2.34. The zero-order valence-electron chi connectivity index (χ0n) is 10.7. The molecule has 17 heavy (non-hydrogen) atoms. The monoisotopic (exact) mass is 230 g/mol. The summed E-state index contributed by atoms with van der Waals surface area (Å²) in [6, 6.07) is 10.6. The summed E-state index contributed by atoms with van der Waals surface area (Å²) in [5, 5.41) is 3.75. The Hall–Kier alpha value is -1.02. The van der Waals surface area contributed by atoms with Crippen molar-refractivity contribution in [2.24, 2.45) is 0 Å². The quantitative estimate of drug-likeness (QED) is 0.859. The van der Waals surface area contributed by atoms with Crippen LogP contribution in [0, 0.1) is 6.92 Å². The van der Waals surface area contributed by atoms with Crippen LogP contribution in [0.3, 0.4) is 0 Å². The SMILES string of the molecule is Cc1ccc(N2CCC(NC3CC3)CC2)cc1. The normalized spacial score (nSPS) is 21.8. The second-order valence-corrected chi connectivity index (χ2v) is 5.54. The van der Waals surface area contributed by atoms with E-state index < -0.39 is 0 Å². The van der Waals surface area contributed by atoms with Crippen LogP contribution >= 0.6 is 0 Å². The van der Waals surface area contributed by atoms with Gasteiger partial charge in [-0.3, -0.25) is 0 Å². The summed E-state index contributed by atoms with van der Waals surface area (Å²) < 4.78 is 0. The standard InChI is InChI=1S/C15H22N2/c1-12-2-6-15(7-3-12)17-10-8-14(9-11-17)16-13-4-5-13/h2-3,6-7,13-14,16H,4-5,8-11H2,1H3. The highest BCUT2D eigenvalue weighted by Gasteiger charge is 2.26. The maximum Gasteiger partial charge on any atom is 0.0366 e. The van der Waals surface area contributed by atoms with Crippen LogP contribution in [0.1, 0.15) is 31.2 Å². The molecule has 92 valence electrons. The largest absolute Gasteiger partial charge is 0.371 e. The van der Waals surface area contributed by atoms with Gasteiger partial charge >= 0.3 is 0 Å². The summed E-state index contributed by atoms with van der Waals surface area (Å²) in [4.78, 5) is 2.52.